The van der Waals surface area contributed by atoms with E-state index in [4.69, 9.17) is 5.73 Å². The maximum Gasteiger partial charge on any atom is 0.165 e. The molecular weight excluding hydrogens is 233 g/mol. The van der Waals surface area contributed by atoms with Gasteiger partial charge >= 0.3 is 0 Å². The summed E-state index contributed by atoms with van der Waals surface area (Å²) in [5.74, 6) is -1.26. The lowest BCUT2D eigenvalue weighted by atomic mass is 9.94. The first kappa shape index (κ1) is 15.2. The summed E-state index contributed by atoms with van der Waals surface area (Å²) in [5.41, 5.74) is 5.97. The lowest BCUT2D eigenvalue weighted by Gasteiger charge is -2.23. The van der Waals surface area contributed by atoms with Crippen molar-refractivity contribution >= 4 is 12.4 Å². The van der Waals surface area contributed by atoms with Gasteiger partial charge < -0.3 is 15.9 Å². The van der Waals surface area contributed by atoms with Gasteiger partial charge in [-0.05, 0) is 12.0 Å². The van der Waals surface area contributed by atoms with Gasteiger partial charge in [0.05, 0.1) is 12.1 Å². The fourth-order valence-corrected chi connectivity index (χ4v) is 1.40. The zero-order valence-electron chi connectivity index (χ0n) is 9.22. The van der Waals surface area contributed by atoms with Gasteiger partial charge in [0.15, 0.2) is 11.6 Å². The van der Waals surface area contributed by atoms with Gasteiger partial charge in [0.1, 0.15) is 0 Å². The second-order valence-electron chi connectivity index (χ2n) is 3.94. The van der Waals surface area contributed by atoms with Gasteiger partial charge in [-0.25, -0.2) is 4.39 Å². The molecule has 1 rings (SSSR count). The van der Waals surface area contributed by atoms with Crippen LogP contribution < -0.4 is 5.73 Å². The molecule has 0 aliphatic heterocycles. The van der Waals surface area contributed by atoms with Crippen LogP contribution in [0.1, 0.15) is 25.5 Å². The molecule has 0 radical (unpaired) electrons. The van der Waals surface area contributed by atoms with E-state index in [1.807, 2.05) is 0 Å². The van der Waals surface area contributed by atoms with Gasteiger partial charge in [-0.1, -0.05) is 26.0 Å². The van der Waals surface area contributed by atoms with Crippen molar-refractivity contribution in [3.05, 3.63) is 29.6 Å². The molecule has 0 spiro atoms. The van der Waals surface area contributed by atoms with Crippen molar-refractivity contribution in [2.75, 3.05) is 0 Å². The molecule has 0 fully saturated rings. The summed E-state index contributed by atoms with van der Waals surface area (Å²) in [6.07, 6.45) is -0.808. The molecular formula is C11H17ClFNO2. The summed E-state index contributed by atoms with van der Waals surface area (Å²) < 4.78 is 13.0. The number of phenols is 1. The van der Waals surface area contributed by atoms with Crippen molar-refractivity contribution in [3.63, 3.8) is 0 Å². The number of aliphatic hydroxyl groups is 1. The number of para-hydroxylation sites is 1. The minimum absolute atomic E-state index is 0. The lowest BCUT2D eigenvalue weighted by Crippen LogP contribution is -2.30. The van der Waals surface area contributed by atoms with Crippen LogP contribution in [0.25, 0.3) is 0 Å². The first-order valence-electron chi connectivity index (χ1n) is 4.86. The molecule has 1 aromatic carbocycles. The van der Waals surface area contributed by atoms with Crippen LogP contribution in [0, 0.1) is 11.7 Å². The number of rotatable bonds is 3. The zero-order chi connectivity index (χ0) is 11.6. The van der Waals surface area contributed by atoms with Crippen molar-refractivity contribution in [2.45, 2.75) is 26.0 Å². The molecule has 0 aliphatic rings. The number of hydrogen-bond donors (Lipinski definition) is 3. The van der Waals surface area contributed by atoms with Crippen LogP contribution in [0.3, 0.4) is 0 Å². The summed E-state index contributed by atoms with van der Waals surface area (Å²) in [5, 5.41) is 19.1. The van der Waals surface area contributed by atoms with Gasteiger partial charge in [0.2, 0.25) is 0 Å². The van der Waals surface area contributed by atoms with Crippen LogP contribution in [0.15, 0.2) is 18.2 Å². The van der Waals surface area contributed by atoms with E-state index in [1.54, 1.807) is 13.8 Å². The number of aromatic hydroxyl groups is 1. The van der Waals surface area contributed by atoms with E-state index in [0.717, 1.165) is 6.07 Å². The minimum Gasteiger partial charge on any atom is -0.505 e. The van der Waals surface area contributed by atoms with E-state index in [-0.39, 0.29) is 23.9 Å². The molecule has 1 aromatic rings. The lowest BCUT2D eigenvalue weighted by molar-refractivity contribution is 0.0968. The summed E-state index contributed by atoms with van der Waals surface area (Å²) in [4.78, 5) is 0. The van der Waals surface area contributed by atoms with Gasteiger partial charge in [-0.3, -0.25) is 0 Å². The van der Waals surface area contributed by atoms with Gasteiger partial charge in [0, 0.05) is 5.56 Å². The molecule has 4 N–H and O–H groups in total. The average molecular weight is 250 g/mol. The number of hydrogen-bond acceptors (Lipinski definition) is 3. The minimum atomic E-state index is -0.808. The Kier molecular flexibility index (Phi) is 5.72. The summed E-state index contributed by atoms with van der Waals surface area (Å²) in [6.45, 7) is 3.61. The number of phenolic OH excluding ortho intramolecular Hbond substituents is 1. The smallest absolute Gasteiger partial charge is 0.165 e. The average Bonchev–Trinajstić information content (AvgIpc) is 2.20. The molecule has 0 heterocycles. The van der Waals surface area contributed by atoms with Crippen molar-refractivity contribution in [3.8, 4) is 5.75 Å². The van der Waals surface area contributed by atoms with Crippen LogP contribution in [0.5, 0.6) is 5.75 Å². The molecule has 2 atom stereocenters. The van der Waals surface area contributed by atoms with E-state index in [9.17, 15) is 14.6 Å². The van der Waals surface area contributed by atoms with E-state index in [2.05, 4.69) is 0 Å². The Labute approximate surface area is 101 Å². The third kappa shape index (κ3) is 3.07. The van der Waals surface area contributed by atoms with Crippen LogP contribution >= 0.6 is 12.4 Å². The van der Waals surface area contributed by atoms with Crippen LogP contribution in [-0.4, -0.2) is 16.3 Å². The van der Waals surface area contributed by atoms with Crippen molar-refractivity contribution in [2.24, 2.45) is 11.7 Å². The Morgan fingerprint density at radius 2 is 1.88 bits per heavy atom. The van der Waals surface area contributed by atoms with E-state index < -0.39 is 23.7 Å². The predicted molar refractivity (Wildman–Crippen MR) is 63.1 cm³/mol. The molecule has 0 saturated heterocycles. The van der Waals surface area contributed by atoms with Crippen LogP contribution in [0.2, 0.25) is 0 Å². The van der Waals surface area contributed by atoms with Crippen LogP contribution in [0.4, 0.5) is 4.39 Å². The van der Waals surface area contributed by atoms with Crippen molar-refractivity contribution < 1.29 is 14.6 Å². The first-order chi connectivity index (χ1) is 6.95. The Bertz CT molecular complexity index is 347. The summed E-state index contributed by atoms with van der Waals surface area (Å²) >= 11 is 0. The Morgan fingerprint density at radius 3 is 2.38 bits per heavy atom. The maximum atomic E-state index is 13.0. The van der Waals surface area contributed by atoms with Gasteiger partial charge in [-0.2, -0.15) is 0 Å². The highest BCUT2D eigenvalue weighted by Gasteiger charge is 2.23. The highest BCUT2D eigenvalue weighted by molar-refractivity contribution is 5.85. The summed E-state index contributed by atoms with van der Waals surface area (Å²) in [7, 11) is 0. The molecule has 0 bridgehead atoms. The standard InChI is InChI=1S/C11H16FNO2.ClH/c1-6(2)10(14)9(13)7-4-3-5-8(12)11(7)15;/h3-6,9-10,14-15H,13H2,1-2H3;1H/t9-,10+;/m0./s1. The molecule has 0 amide bonds. The molecule has 3 nitrogen and oxygen atoms in total. The quantitative estimate of drug-likeness (QED) is 0.767. The number of halogens is 2. The molecule has 0 saturated carbocycles. The van der Waals surface area contributed by atoms with E-state index >= 15 is 0 Å². The highest BCUT2D eigenvalue weighted by atomic mass is 35.5. The fourth-order valence-electron chi connectivity index (χ4n) is 1.40. The third-order valence-electron chi connectivity index (χ3n) is 2.43. The van der Waals surface area contributed by atoms with Crippen molar-refractivity contribution in [1.82, 2.24) is 0 Å². The normalized spacial score (nSPS) is 14.4. The highest BCUT2D eigenvalue weighted by Crippen LogP contribution is 2.29. The number of benzene rings is 1. The second-order valence-corrected chi connectivity index (χ2v) is 3.94. The molecule has 16 heavy (non-hydrogen) atoms. The fraction of sp³-hybridized carbons (Fsp3) is 0.455. The zero-order valence-corrected chi connectivity index (χ0v) is 10.0. The number of nitrogens with two attached hydrogens (primary N) is 1. The molecule has 5 heteroatoms. The Hall–Kier alpha value is -0.840. The largest absolute Gasteiger partial charge is 0.505 e. The monoisotopic (exact) mass is 249 g/mol. The summed E-state index contributed by atoms with van der Waals surface area (Å²) in [6, 6.07) is 3.33. The Morgan fingerprint density at radius 1 is 1.31 bits per heavy atom. The van der Waals surface area contributed by atoms with E-state index in [1.165, 1.54) is 12.1 Å². The van der Waals surface area contributed by atoms with Crippen molar-refractivity contribution in [1.29, 1.82) is 0 Å². The van der Waals surface area contributed by atoms with E-state index in [0.29, 0.717) is 0 Å². The third-order valence-corrected chi connectivity index (χ3v) is 2.43. The molecule has 0 unspecified atom stereocenters. The second kappa shape index (κ2) is 6.03. The molecule has 0 aromatic heterocycles. The first-order valence-corrected chi connectivity index (χ1v) is 4.86. The maximum absolute atomic E-state index is 13.0. The molecule has 92 valence electrons. The predicted octanol–water partition coefficient (Wildman–Crippen LogP) is 1.97. The van der Waals surface area contributed by atoms with Crippen LogP contribution in [-0.2, 0) is 0 Å². The SMILES string of the molecule is CC(C)[C@@H](O)[C@@H](N)c1cccc(F)c1O.Cl. The Balaban J connectivity index is 0.00000225. The van der Waals surface area contributed by atoms with Gasteiger partial charge in [-0.15, -0.1) is 12.4 Å². The van der Waals surface area contributed by atoms with Gasteiger partial charge in [0.25, 0.3) is 0 Å². The topological polar surface area (TPSA) is 66.5 Å². The molecule has 0 aliphatic carbocycles. The number of aliphatic hydroxyl groups excluding tert-OH is 1.